The van der Waals surface area contributed by atoms with E-state index in [-0.39, 0.29) is 6.04 Å². The van der Waals surface area contributed by atoms with E-state index in [1.807, 2.05) is 39.0 Å². The van der Waals surface area contributed by atoms with Crippen LogP contribution in [0.25, 0.3) is 0 Å². The summed E-state index contributed by atoms with van der Waals surface area (Å²) < 4.78 is 6.05. The molecular weight excluding hydrogens is 322 g/mol. The predicted molar refractivity (Wildman–Crippen MR) is 83.1 cm³/mol. The number of hydrogen-bond donors (Lipinski definition) is 2. The summed E-state index contributed by atoms with van der Waals surface area (Å²) in [5.41, 5.74) is 1.02. The first kappa shape index (κ1) is 17.0. The molecule has 2 N–H and O–H groups in total. The lowest BCUT2D eigenvalue weighted by Crippen LogP contribution is -2.39. The number of halogens is 1. The number of benzene rings is 1. The highest BCUT2D eigenvalue weighted by atomic mass is 79.9. The van der Waals surface area contributed by atoms with Gasteiger partial charge in [0, 0.05) is 6.04 Å². The number of nitrogens with one attached hydrogen (secondary N) is 1. The quantitative estimate of drug-likeness (QED) is 0.793. The van der Waals surface area contributed by atoms with Gasteiger partial charge in [0.2, 0.25) is 0 Å². The summed E-state index contributed by atoms with van der Waals surface area (Å²) >= 11 is 3.44. The Morgan fingerprint density at radius 3 is 2.50 bits per heavy atom. The molecule has 0 heterocycles. The Kier molecular flexibility index (Phi) is 6.49. The number of carbonyl (C=O) groups is 1. The summed E-state index contributed by atoms with van der Waals surface area (Å²) in [7, 11) is 1.62. The van der Waals surface area contributed by atoms with Crippen LogP contribution in [-0.2, 0) is 4.79 Å². The Bertz CT molecular complexity index is 462. The van der Waals surface area contributed by atoms with Crippen LogP contribution in [0.1, 0.15) is 38.8 Å². The van der Waals surface area contributed by atoms with E-state index in [1.165, 1.54) is 0 Å². The molecule has 0 aliphatic rings. The van der Waals surface area contributed by atoms with Crippen LogP contribution >= 0.6 is 15.9 Å². The Morgan fingerprint density at radius 1 is 1.40 bits per heavy atom. The SMILES string of the molecule is COc1ccc(C(C)NC(CC(C)C)C(=O)O)cc1Br. The molecule has 0 radical (unpaired) electrons. The van der Waals surface area contributed by atoms with Crippen LogP contribution in [0.4, 0.5) is 0 Å². The first-order chi connectivity index (χ1) is 9.35. The maximum Gasteiger partial charge on any atom is 0.320 e. The molecule has 4 nitrogen and oxygen atoms in total. The number of aliphatic carboxylic acids is 1. The second kappa shape index (κ2) is 7.64. The van der Waals surface area contributed by atoms with Crippen molar-refractivity contribution in [2.24, 2.45) is 5.92 Å². The fraction of sp³-hybridized carbons (Fsp3) is 0.533. The molecular formula is C15H22BrNO3. The fourth-order valence-electron chi connectivity index (χ4n) is 2.06. The van der Waals surface area contributed by atoms with Crippen LogP contribution in [0.2, 0.25) is 0 Å². The van der Waals surface area contributed by atoms with Crippen molar-refractivity contribution in [3.8, 4) is 5.75 Å². The molecule has 2 atom stereocenters. The third-order valence-corrected chi connectivity index (χ3v) is 3.75. The molecule has 0 bridgehead atoms. The van der Waals surface area contributed by atoms with Gasteiger partial charge in [-0.05, 0) is 52.9 Å². The summed E-state index contributed by atoms with van der Waals surface area (Å²) in [5, 5.41) is 12.4. The fourth-order valence-corrected chi connectivity index (χ4v) is 2.62. The average Bonchev–Trinajstić information content (AvgIpc) is 2.37. The zero-order valence-electron chi connectivity index (χ0n) is 12.3. The topological polar surface area (TPSA) is 58.6 Å². The van der Waals surface area contributed by atoms with Crippen LogP contribution in [0.3, 0.4) is 0 Å². The van der Waals surface area contributed by atoms with E-state index in [4.69, 9.17) is 4.74 Å². The van der Waals surface area contributed by atoms with Crippen molar-refractivity contribution in [3.05, 3.63) is 28.2 Å². The minimum Gasteiger partial charge on any atom is -0.496 e. The van der Waals surface area contributed by atoms with Gasteiger partial charge in [0.15, 0.2) is 0 Å². The Balaban J connectivity index is 2.80. The van der Waals surface area contributed by atoms with Crippen molar-refractivity contribution in [2.45, 2.75) is 39.3 Å². The third kappa shape index (κ3) is 4.80. The highest BCUT2D eigenvalue weighted by molar-refractivity contribution is 9.10. The smallest absolute Gasteiger partial charge is 0.320 e. The third-order valence-electron chi connectivity index (χ3n) is 3.13. The molecule has 1 rings (SSSR count). The molecule has 0 aromatic heterocycles. The first-order valence-corrected chi connectivity index (χ1v) is 7.46. The van der Waals surface area contributed by atoms with Crippen molar-refractivity contribution in [1.29, 1.82) is 0 Å². The Hall–Kier alpha value is -1.07. The van der Waals surface area contributed by atoms with Gasteiger partial charge in [-0.15, -0.1) is 0 Å². The molecule has 112 valence electrons. The van der Waals surface area contributed by atoms with Crippen LogP contribution in [0, 0.1) is 5.92 Å². The Morgan fingerprint density at radius 2 is 2.05 bits per heavy atom. The largest absolute Gasteiger partial charge is 0.496 e. The maximum atomic E-state index is 11.3. The minimum absolute atomic E-state index is 0.0444. The van der Waals surface area contributed by atoms with Crippen molar-refractivity contribution < 1.29 is 14.6 Å². The van der Waals surface area contributed by atoms with Crippen LogP contribution in [0.15, 0.2) is 22.7 Å². The second-order valence-corrected chi connectivity index (χ2v) is 6.16. The van der Waals surface area contributed by atoms with Gasteiger partial charge in [-0.25, -0.2) is 0 Å². The molecule has 1 aromatic carbocycles. The van der Waals surface area contributed by atoms with E-state index in [0.29, 0.717) is 12.3 Å². The van der Waals surface area contributed by atoms with E-state index in [2.05, 4.69) is 21.2 Å². The molecule has 0 amide bonds. The lowest BCUT2D eigenvalue weighted by atomic mass is 10.0. The second-order valence-electron chi connectivity index (χ2n) is 5.30. The molecule has 0 saturated carbocycles. The zero-order valence-corrected chi connectivity index (χ0v) is 13.9. The highest BCUT2D eigenvalue weighted by Gasteiger charge is 2.21. The van der Waals surface area contributed by atoms with E-state index in [1.54, 1.807) is 7.11 Å². The molecule has 0 aliphatic heterocycles. The summed E-state index contributed by atoms with van der Waals surface area (Å²) in [4.78, 5) is 11.3. The Labute approximate surface area is 128 Å². The molecule has 2 unspecified atom stereocenters. The van der Waals surface area contributed by atoms with Gasteiger partial charge in [-0.2, -0.15) is 0 Å². The summed E-state index contributed by atoms with van der Waals surface area (Å²) in [6.07, 6.45) is 0.608. The van der Waals surface area contributed by atoms with Gasteiger partial charge in [-0.3, -0.25) is 10.1 Å². The van der Waals surface area contributed by atoms with Gasteiger partial charge in [-0.1, -0.05) is 19.9 Å². The summed E-state index contributed by atoms with van der Waals surface area (Å²) in [5.74, 6) is 0.287. The van der Waals surface area contributed by atoms with Gasteiger partial charge in [0.05, 0.1) is 11.6 Å². The monoisotopic (exact) mass is 343 g/mol. The van der Waals surface area contributed by atoms with Crippen LogP contribution < -0.4 is 10.1 Å². The molecule has 1 aromatic rings. The van der Waals surface area contributed by atoms with Gasteiger partial charge >= 0.3 is 5.97 Å². The number of rotatable bonds is 7. The lowest BCUT2D eigenvalue weighted by molar-refractivity contribution is -0.140. The normalized spacial score (nSPS) is 14.1. The van der Waals surface area contributed by atoms with Gasteiger partial charge in [0.1, 0.15) is 11.8 Å². The van der Waals surface area contributed by atoms with E-state index in [9.17, 15) is 9.90 Å². The molecule has 0 spiro atoms. The maximum absolute atomic E-state index is 11.3. The van der Waals surface area contributed by atoms with Crippen molar-refractivity contribution in [2.75, 3.05) is 7.11 Å². The van der Waals surface area contributed by atoms with Gasteiger partial charge in [0.25, 0.3) is 0 Å². The van der Waals surface area contributed by atoms with E-state index < -0.39 is 12.0 Å². The molecule has 0 aliphatic carbocycles. The minimum atomic E-state index is -0.807. The van der Waals surface area contributed by atoms with Crippen LogP contribution in [0.5, 0.6) is 5.75 Å². The average molecular weight is 344 g/mol. The first-order valence-electron chi connectivity index (χ1n) is 6.67. The van der Waals surface area contributed by atoms with Crippen molar-refractivity contribution >= 4 is 21.9 Å². The number of ether oxygens (including phenoxy) is 1. The lowest BCUT2D eigenvalue weighted by Gasteiger charge is -2.22. The summed E-state index contributed by atoms with van der Waals surface area (Å²) in [6.45, 7) is 6.00. The van der Waals surface area contributed by atoms with Gasteiger partial charge < -0.3 is 9.84 Å². The number of hydrogen-bond acceptors (Lipinski definition) is 3. The number of carboxylic acid groups (broad SMARTS) is 1. The predicted octanol–water partition coefficient (Wildman–Crippen LogP) is 3.61. The molecule has 5 heteroatoms. The molecule has 0 saturated heterocycles. The number of carboxylic acids is 1. The highest BCUT2D eigenvalue weighted by Crippen LogP contribution is 2.28. The van der Waals surface area contributed by atoms with E-state index >= 15 is 0 Å². The van der Waals surface area contributed by atoms with Crippen molar-refractivity contribution in [1.82, 2.24) is 5.32 Å². The zero-order chi connectivity index (χ0) is 15.3. The van der Waals surface area contributed by atoms with E-state index in [0.717, 1.165) is 15.8 Å². The number of methoxy groups -OCH3 is 1. The standard InChI is InChI=1S/C15H22BrNO3/c1-9(2)7-13(15(18)19)17-10(3)11-5-6-14(20-4)12(16)8-11/h5-6,8-10,13,17H,7H2,1-4H3,(H,18,19). The molecule has 0 fully saturated rings. The molecule has 20 heavy (non-hydrogen) atoms. The van der Waals surface area contributed by atoms with Crippen molar-refractivity contribution in [3.63, 3.8) is 0 Å². The summed E-state index contributed by atoms with van der Waals surface area (Å²) in [6, 6.07) is 5.18. The van der Waals surface area contributed by atoms with Crippen LogP contribution in [-0.4, -0.2) is 24.2 Å².